The van der Waals surface area contributed by atoms with Crippen LogP contribution in [-0.2, 0) is 13.2 Å². The molecule has 0 fully saturated rings. The van der Waals surface area contributed by atoms with Gasteiger partial charge in [0.15, 0.2) is 0 Å². The van der Waals surface area contributed by atoms with Crippen molar-refractivity contribution in [1.29, 1.82) is 0 Å². The van der Waals surface area contributed by atoms with Gasteiger partial charge in [-0.05, 0) is 29.8 Å². The summed E-state index contributed by atoms with van der Waals surface area (Å²) in [6.45, 7) is 1.00. The third kappa shape index (κ3) is 3.28. The molecule has 0 aliphatic heterocycles. The number of nitrogens with two attached hydrogens (primary N) is 1. The second kappa shape index (κ2) is 5.80. The van der Waals surface area contributed by atoms with Gasteiger partial charge in [0.1, 0.15) is 12.4 Å². The zero-order chi connectivity index (χ0) is 12.1. The van der Waals surface area contributed by atoms with Gasteiger partial charge >= 0.3 is 0 Å². The molecule has 0 aliphatic rings. The molecule has 0 aliphatic carbocycles. The highest BCUT2D eigenvalue weighted by molar-refractivity contribution is 9.10. The van der Waals surface area contributed by atoms with E-state index in [1.165, 1.54) is 0 Å². The van der Waals surface area contributed by atoms with E-state index in [0.29, 0.717) is 13.2 Å². The van der Waals surface area contributed by atoms with Crippen molar-refractivity contribution >= 4 is 15.9 Å². The van der Waals surface area contributed by atoms with E-state index in [9.17, 15) is 0 Å². The van der Waals surface area contributed by atoms with Crippen molar-refractivity contribution < 1.29 is 4.74 Å². The number of aromatic nitrogens is 1. The second-order valence-corrected chi connectivity index (χ2v) is 4.46. The fraction of sp³-hybridized carbons (Fsp3) is 0.154. The number of pyridine rings is 1. The smallest absolute Gasteiger partial charge is 0.120 e. The number of nitrogens with zero attached hydrogens (tertiary/aromatic N) is 1. The van der Waals surface area contributed by atoms with E-state index in [1.54, 1.807) is 12.4 Å². The summed E-state index contributed by atoms with van der Waals surface area (Å²) in [5, 5.41) is 0. The van der Waals surface area contributed by atoms with E-state index in [2.05, 4.69) is 20.9 Å². The van der Waals surface area contributed by atoms with Crippen LogP contribution in [0.4, 0.5) is 0 Å². The van der Waals surface area contributed by atoms with Crippen molar-refractivity contribution in [2.45, 2.75) is 13.2 Å². The predicted molar refractivity (Wildman–Crippen MR) is 70.6 cm³/mol. The van der Waals surface area contributed by atoms with Gasteiger partial charge in [-0.2, -0.15) is 0 Å². The van der Waals surface area contributed by atoms with Gasteiger partial charge in [-0.3, -0.25) is 4.98 Å². The third-order valence-electron chi connectivity index (χ3n) is 2.37. The van der Waals surface area contributed by atoms with E-state index < -0.39 is 0 Å². The number of rotatable bonds is 4. The molecule has 0 atom stereocenters. The van der Waals surface area contributed by atoms with Gasteiger partial charge in [0, 0.05) is 29.0 Å². The van der Waals surface area contributed by atoms with Crippen LogP contribution in [0.3, 0.4) is 0 Å². The molecule has 2 rings (SSSR count). The standard InChI is InChI=1S/C13H13BrN2O/c14-13-4-3-12(6-11(13)7-15)17-9-10-2-1-5-16-8-10/h1-6,8H,7,9,15H2. The van der Waals surface area contributed by atoms with Crippen molar-refractivity contribution in [3.05, 3.63) is 58.3 Å². The Morgan fingerprint density at radius 3 is 2.88 bits per heavy atom. The molecule has 0 spiro atoms. The minimum Gasteiger partial charge on any atom is -0.489 e. The van der Waals surface area contributed by atoms with Crippen LogP contribution in [-0.4, -0.2) is 4.98 Å². The third-order valence-corrected chi connectivity index (χ3v) is 3.14. The Balaban J connectivity index is 2.04. The largest absolute Gasteiger partial charge is 0.489 e. The van der Waals surface area contributed by atoms with Crippen LogP contribution >= 0.6 is 15.9 Å². The molecule has 1 aromatic heterocycles. The van der Waals surface area contributed by atoms with Crippen LogP contribution in [0.5, 0.6) is 5.75 Å². The molecule has 0 unspecified atom stereocenters. The van der Waals surface area contributed by atoms with Gasteiger partial charge in [0.2, 0.25) is 0 Å². The molecule has 1 aromatic carbocycles. The summed E-state index contributed by atoms with van der Waals surface area (Å²) in [4.78, 5) is 4.04. The Kier molecular flexibility index (Phi) is 4.12. The molecule has 0 saturated carbocycles. The van der Waals surface area contributed by atoms with E-state index >= 15 is 0 Å². The lowest BCUT2D eigenvalue weighted by atomic mass is 10.2. The fourth-order valence-corrected chi connectivity index (χ4v) is 1.86. The molecule has 17 heavy (non-hydrogen) atoms. The van der Waals surface area contributed by atoms with Gasteiger partial charge in [0.05, 0.1) is 0 Å². The predicted octanol–water partition coefficient (Wildman–Crippen LogP) is 2.88. The van der Waals surface area contributed by atoms with Crippen LogP contribution in [0.1, 0.15) is 11.1 Å². The maximum Gasteiger partial charge on any atom is 0.120 e. The van der Waals surface area contributed by atoms with E-state index in [1.807, 2.05) is 30.3 Å². The first-order valence-corrected chi connectivity index (χ1v) is 6.09. The van der Waals surface area contributed by atoms with E-state index in [4.69, 9.17) is 10.5 Å². The highest BCUT2D eigenvalue weighted by atomic mass is 79.9. The van der Waals surface area contributed by atoms with Gasteiger partial charge < -0.3 is 10.5 Å². The summed E-state index contributed by atoms with van der Waals surface area (Å²) in [7, 11) is 0. The summed E-state index contributed by atoms with van der Waals surface area (Å²) in [6.07, 6.45) is 3.54. The van der Waals surface area contributed by atoms with Crippen LogP contribution in [0.2, 0.25) is 0 Å². The highest BCUT2D eigenvalue weighted by Gasteiger charge is 2.01. The maximum atomic E-state index is 5.67. The molecule has 2 N–H and O–H groups in total. The van der Waals surface area contributed by atoms with E-state index in [0.717, 1.165) is 21.3 Å². The lowest BCUT2D eigenvalue weighted by Gasteiger charge is -2.08. The van der Waals surface area contributed by atoms with Gasteiger partial charge in [-0.25, -0.2) is 0 Å². The first kappa shape index (κ1) is 12.1. The van der Waals surface area contributed by atoms with Crippen LogP contribution < -0.4 is 10.5 Å². The normalized spacial score (nSPS) is 10.2. The first-order valence-electron chi connectivity index (χ1n) is 5.30. The quantitative estimate of drug-likeness (QED) is 0.943. The molecular formula is C13H13BrN2O. The summed E-state index contributed by atoms with van der Waals surface area (Å²) in [5.41, 5.74) is 7.71. The van der Waals surface area contributed by atoms with Gasteiger partial charge in [-0.1, -0.05) is 22.0 Å². The lowest BCUT2D eigenvalue weighted by Crippen LogP contribution is -2.00. The summed E-state index contributed by atoms with van der Waals surface area (Å²) in [5.74, 6) is 0.817. The first-order chi connectivity index (χ1) is 8.29. The highest BCUT2D eigenvalue weighted by Crippen LogP contribution is 2.22. The number of ether oxygens (including phenoxy) is 1. The van der Waals surface area contributed by atoms with Gasteiger partial charge in [-0.15, -0.1) is 0 Å². The molecule has 3 nitrogen and oxygen atoms in total. The number of benzene rings is 1. The second-order valence-electron chi connectivity index (χ2n) is 3.61. The Labute approximate surface area is 109 Å². The summed E-state index contributed by atoms with van der Waals surface area (Å²) < 4.78 is 6.68. The Hall–Kier alpha value is -1.39. The Bertz CT molecular complexity index is 488. The van der Waals surface area contributed by atoms with Crippen molar-refractivity contribution in [2.24, 2.45) is 5.73 Å². The Morgan fingerprint density at radius 2 is 2.18 bits per heavy atom. The molecule has 0 amide bonds. The molecular weight excluding hydrogens is 280 g/mol. The van der Waals surface area contributed by atoms with E-state index in [-0.39, 0.29) is 0 Å². The van der Waals surface area contributed by atoms with Crippen LogP contribution in [0.15, 0.2) is 47.2 Å². The van der Waals surface area contributed by atoms with Crippen molar-refractivity contribution in [3.63, 3.8) is 0 Å². The molecule has 2 aromatic rings. The van der Waals surface area contributed by atoms with Gasteiger partial charge in [0.25, 0.3) is 0 Å². The van der Waals surface area contributed by atoms with Crippen molar-refractivity contribution in [1.82, 2.24) is 4.98 Å². The Morgan fingerprint density at radius 1 is 1.29 bits per heavy atom. The average Bonchev–Trinajstić information content (AvgIpc) is 2.39. The molecule has 0 radical (unpaired) electrons. The van der Waals surface area contributed by atoms with Crippen LogP contribution in [0.25, 0.3) is 0 Å². The maximum absolute atomic E-state index is 5.67. The molecule has 4 heteroatoms. The molecule has 88 valence electrons. The molecule has 0 saturated heterocycles. The average molecular weight is 293 g/mol. The summed E-state index contributed by atoms with van der Waals surface area (Å²) in [6, 6.07) is 9.68. The number of hydrogen-bond donors (Lipinski definition) is 1. The van der Waals surface area contributed by atoms with Crippen LogP contribution in [0, 0.1) is 0 Å². The number of hydrogen-bond acceptors (Lipinski definition) is 3. The zero-order valence-electron chi connectivity index (χ0n) is 9.27. The minimum absolute atomic E-state index is 0.491. The zero-order valence-corrected chi connectivity index (χ0v) is 10.9. The minimum atomic E-state index is 0.491. The topological polar surface area (TPSA) is 48.1 Å². The number of halogens is 1. The SMILES string of the molecule is NCc1cc(OCc2cccnc2)ccc1Br. The molecule has 0 bridgehead atoms. The monoisotopic (exact) mass is 292 g/mol. The lowest BCUT2D eigenvalue weighted by molar-refractivity contribution is 0.305. The summed E-state index contributed by atoms with van der Waals surface area (Å²) >= 11 is 3.44. The molecule has 1 heterocycles. The van der Waals surface area contributed by atoms with Crippen molar-refractivity contribution in [3.8, 4) is 5.75 Å². The van der Waals surface area contributed by atoms with Crippen molar-refractivity contribution in [2.75, 3.05) is 0 Å². The fourth-order valence-electron chi connectivity index (χ4n) is 1.45.